The summed E-state index contributed by atoms with van der Waals surface area (Å²) in [5.74, 6) is -0.915. The lowest BCUT2D eigenvalue weighted by atomic mass is 10.2. The summed E-state index contributed by atoms with van der Waals surface area (Å²) in [6.07, 6.45) is 1.78. The van der Waals surface area contributed by atoms with Gasteiger partial charge in [0.05, 0.1) is 0 Å². The van der Waals surface area contributed by atoms with Gasteiger partial charge in [-0.25, -0.2) is 9.36 Å². The Balaban J connectivity index is 2.00. The molecule has 2 aromatic rings. The van der Waals surface area contributed by atoms with E-state index in [-0.39, 0.29) is 12.4 Å². The Morgan fingerprint density at radius 3 is 2.54 bits per heavy atom. The van der Waals surface area contributed by atoms with Gasteiger partial charge in [0.2, 0.25) is 0 Å². The number of nitrogens with two attached hydrogens (primary N) is 1. The second-order valence-electron chi connectivity index (χ2n) is 6.72. The number of aromatic nitrogens is 2. The predicted molar refractivity (Wildman–Crippen MR) is 101 cm³/mol. The molecule has 148 valence electrons. The molecular formula is C17H20N6O5. The van der Waals surface area contributed by atoms with E-state index in [0.29, 0.717) is 11.3 Å². The minimum Gasteiger partial charge on any atom is -0.442 e. The highest BCUT2D eigenvalue weighted by Gasteiger charge is 2.18. The van der Waals surface area contributed by atoms with Crippen LogP contribution in [0.5, 0.6) is 0 Å². The number of nitro groups is 1. The molecule has 0 unspecified atom stereocenters. The van der Waals surface area contributed by atoms with Crippen LogP contribution in [0.1, 0.15) is 26.3 Å². The fourth-order valence-electron chi connectivity index (χ4n) is 2.12. The molecule has 0 spiro atoms. The molecule has 11 heteroatoms. The van der Waals surface area contributed by atoms with Crippen molar-refractivity contribution in [3.63, 3.8) is 0 Å². The van der Waals surface area contributed by atoms with Gasteiger partial charge >= 0.3 is 12.0 Å². The maximum atomic E-state index is 12.1. The van der Waals surface area contributed by atoms with Gasteiger partial charge in [-0.1, -0.05) is 4.98 Å². The van der Waals surface area contributed by atoms with Crippen LogP contribution in [0.4, 0.5) is 16.4 Å². The molecule has 2 rings (SSSR count). The summed E-state index contributed by atoms with van der Waals surface area (Å²) in [7, 11) is 0. The predicted octanol–water partition coefficient (Wildman–Crippen LogP) is 2.07. The molecule has 1 aromatic carbocycles. The molecule has 28 heavy (non-hydrogen) atoms. The number of nitrogens with one attached hydrogen (secondary N) is 1. The lowest BCUT2D eigenvalue weighted by molar-refractivity contribution is -0.396. The number of anilines is 1. The van der Waals surface area contributed by atoms with Crippen LogP contribution in [-0.2, 0) is 16.1 Å². The SMILES string of the molecule is CC(C)(C)OC(=O)/N=C(\N)c1ccc(NC(=O)Cn2ccnc2[N+](=O)[O-])cc1. The molecular weight excluding hydrogens is 368 g/mol. The van der Waals surface area contributed by atoms with E-state index in [1.54, 1.807) is 45.0 Å². The molecule has 1 aromatic heterocycles. The van der Waals surface area contributed by atoms with Gasteiger partial charge in [0.15, 0.2) is 6.54 Å². The highest BCUT2D eigenvalue weighted by Crippen LogP contribution is 2.12. The highest BCUT2D eigenvalue weighted by atomic mass is 16.6. The number of nitrogens with zero attached hydrogens (tertiary/aromatic N) is 4. The molecule has 3 N–H and O–H groups in total. The smallest absolute Gasteiger partial charge is 0.436 e. The molecule has 11 nitrogen and oxygen atoms in total. The number of benzene rings is 1. The Labute approximate surface area is 160 Å². The number of carbonyl (C=O) groups is 2. The van der Waals surface area contributed by atoms with E-state index >= 15 is 0 Å². The minimum atomic E-state index is -0.802. The summed E-state index contributed by atoms with van der Waals surface area (Å²) in [4.78, 5) is 41.1. The molecule has 0 aliphatic rings. The topological polar surface area (TPSA) is 155 Å². The second kappa shape index (κ2) is 8.29. The van der Waals surface area contributed by atoms with E-state index < -0.39 is 28.5 Å². The van der Waals surface area contributed by atoms with Gasteiger partial charge in [-0.15, -0.1) is 0 Å². The molecule has 0 fully saturated rings. The largest absolute Gasteiger partial charge is 0.442 e. The molecule has 1 heterocycles. The number of carbonyl (C=O) groups excluding carboxylic acids is 2. The minimum absolute atomic E-state index is 0.0267. The first-order valence-electron chi connectivity index (χ1n) is 8.18. The highest BCUT2D eigenvalue weighted by molar-refractivity contribution is 6.03. The number of amides is 2. The first-order valence-corrected chi connectivity index (χ1v) is 8.18. The normalized spacial score (nSPS) is 11.8. The molecule has 0 atom stereocenters. The Morgan fingerprint density at radius 1 is 1.32 bits per heavy atom. The fraction of sp³-hybridized carbons (Fsp3) is 0.294. The molecule has 0 saturated carbocycles. The summed E-state index contributed by atoms with van der Waals surface area (Å²) < 4.78 is 6.18. The van der Waals surface area contributed by atoms with Gasteiger partial charge in [-0.2, -0.15) is 4.99 Å². The molecule has 0 bridgehead atoms. The van der Waals surface area contributed by atoms with Crippen molar-refractivity contribution in [3.8, 4) is 0 Å². The Hall–Kier alpha value is -3.76. The summed E-state index contributed by atoms with van der Waals surface area (Å²) in [6.45, 7) is 4.88. The van der Waals surface area contributed by atoms with Gasteiger partial charge in [-0.05, 0) is 50.0 Å². The van der Waals surface area contributed by atoms with E-state index in [1.165, 1.54) is 12.4 Å². The number of ether oxygens (including phenoxy) is 1. The van der Waals surface area contributed by atoms with Crippen LogP contribution < -0.4 is 11.1 Å². The quantitative estimate of drug-likeness (QED) is 0.344. The van der Waals surface area contributed by atoms with Crippen LogP contribution in [0.2, 0.25) is 0 Å². The maximum absolute atomic E-state index is 12.1. The van der Waals surface area contributed by atoms with Gasteiger partial charge in [0, 0.05) is 11.3 Å². The van der Waals surface area contributed by atoms with Crippen molar-refractivity contribution in [2.24, 2.45) is 10.7 Å². The molecule has 0 aliphatic carbocycles. The van der Waals surface area contributed by atoms with Crippen molar-refractivity contribution in [1.29, 1.82) is 0 Å². The fourth-order valence-corrected chi connectivity index (χ4v) is 2.12. The number of rotatable bonds is 5. The van der Waals surface area contributed by atoms with Gasteiger partial charge in [0.1, 0.15) is 23.8 Å². The molecule has 0 radical (unpaired) electrons. The van der Waals surface area contributed by atoms with E-state index in [9.17, 15) is 19.7 Å². The van der Waals surface area contributed by atoms with Crippen LogP contribution in [0.25, 0.3) is 0 Å². The summed E-state index contributed by atoms with van der Waals surface area (Å²) in [5, 5.41) is 13.4. The third kappa shape index (κ3) is 5.90. The zero-order valence-corrected chi connectivity index (χ0v) is 15.6. The van der Waals surface area contributed by atoms with Crippen molar-refractivity contribution in [3.05, 3.63) is 52.3 Å². The van der Waals surface area contributed by atoms with Crippen LogP contribution in [0.3, 0.4) is 0 Å². The van der Waals surface area contributed by atoms with Crippen molar-refractivity contribution in [1.82, 2.24) is 9.55 Å². The Morgan fingerprint density at radius 2 is 1.96 bits per heavy atom. The van der Waals surface area contributed by atoms with Crippen molar-refractivity contribution < 1.29 is 19.2 Å². The monoisotopic (exact) mass is 388 g/mol. The van der Waals surface area contributed by atoms with Crippen LogP contribution >= 0.6 is 0 Å². The lowest BCUT2D eigenvalue weighted by Crippen LogP contribution is -2.24. The molecule has 0 aliphatic heterocycles. The van der Waals surface area contributed by atoms with Crippen LogP contribution in [-0.4, -0.2) is 37.9 Å². The van der Waals surface area contributed by atoms with Crippen LogP contribution in [0.15, 0.2) is 41.7 Å². The number of hydrogen-bond donors (Lipinski definition) is 2. The van der Waals surface area contributed by atoms with Crippen molar-refractivity contribution >= 4 is 29.5 Å². The number of aliphatic imine (C=N–C) groups is 1. The Kier molecular flexibility index (Phi) is 6.08. The van der Waals surface area contributed by atoms with Gasteiger partial charge in [-0.3, -0.25) is 4.79 Å². The standard InChI is InChI=1S/C17H20N6O5/c1-17(2,3)28-16(25)21-14(18)11-4-6-12(7-5-11)20-13(24)10-22-9-8-19-15(22)23(26)27/h4-9H,10H2,1-3H3,(H,20,24)(H2,18,21,25). The molecule has 2 amide bonds. The van der Waals surface area contributed by atoms with Crippen LogP contribution in [0, 0.1) is 10.1 Å². The first kappa shape index (κ1) is 20.6. The second-order valence-corrected chi connectivity index (χ2v) is 6.72. The van der Waals surface area contributed by atoms with Gasteiger partial charge < -0.3 is 25.9 Å². The number of imidazole rings is 1. The van der Waals surface area contributed by atoms with E-state index in [0.717, 1.165) is 4.57 Å². The summed E-state index contributed by atoms with van der Waals surface area (Å²) >= 11 is 0. The van der Waals surface area contributed by atoms with Crippen molar-refractivity contribution in [2.45, 2.75) is 32.9 Å². The first-order chi connectivity index (χ1) is 13.0. The number of hydrogen-bond acceptors (Lipinski definition) is 6. The van der Waals surface area contributed by atoms with Crippen molar-refractivity contribution in [2.75, 3.05) is 5.32 Å². The summed E-state index contributed by atoms with van der Waals surface area (Å²) in [6, 6.07) is 6.26. The van der Waals surface area contributed by atoms with E-state index in [2.05, 4.69) is 15.3 Å². The number of amidine groups is 1. The lowest BCUT2D eigenvalue weighted by Gasteiger charge is -2.17. The Bertz CT molecular complexity index is 911. The maximum Gasteiger partial charge on any atom is 0.436 e. The van der Waals surface area contributed by atoms with E-state index in [1.807, 2.05) is 0 Å². The average Bonchev–Trinajstić information content (AvgIpc) is 3.01. The average molecular weight is 388 g/mol. The third-order valence-corrected chi connectivity index (χ3v) is 3.24. The summed E-state index contributed by atoms with van der Waals surface area (Å²) in [5.41, 5.74) is 6.02. The van der Waals surface area contributed by atoms with Gasteiger partial charge in [0.25, 0.3) is 5.91 Å². The third-order valence-electron chi connectivity index (χ3n) is 3.24. The molecule has 0 saturated heterocycles. The van der Waals surface area contributed by atoms with E-state index in [4.69, 9.17) is 10.5 Å². The zero-order valence-electron chi connectivity index (χ0n) is 15.6. The zero-order chi connectivity index (χ0) is 20.9.